The average molecular weight is 370 g/mol. The van der Waals surface area contributed by atoms with Crippen LogP contribution in [0.2, 0.25) is 0 Å². The number of amides is 2. The Hall–Kier alpha value is -3.19. The molecular weight excluding hydrogens is 348 g/mol. The minimum Gasteiger partial charge on any atom is -0.480 e. The van der Waals surface area contributed by atoms with E-state index >= 15 is 0 Å². The van der Waals surface area contributed by atoms with Crippen molar-refractivity contribution >= 4 is 23.5 Å². The summed E-state index contributed by atoms with van der Waals surface area (Å²) in [5.74, 6) is -1.94. The smallest absolute Gasteiger partial charge is 0.325 e. The zero-order chi connectivity index (χ0) is 19.8. The highest BCUT2D eigenvalue weighted by Gasteiger charge is 2.21. The second-order valence-electron chi connectivity index (χ2n) is 5.85. The van der Waals surface area contributed by atoms with Crippen LogP contribution in [-0.2, 0) is 14.3 Å². The number of carbonyl (C=O) groups excluding carboxylic acids is 2. The molecule has 0 saturated carbocycles. The van der Waals surface area contributed by atoms with Crippen molar-refractivity contribution in [1.29, 1.82) is 0 Å². The van der Waals surface area contributed by atoms with Gasteiger partial charge in [-0.3, -0.25) is 14.4 Å². The molecule has 7 nitrogen and oxygen atoms in total. The van der Waals surface area contributed by atoms with E-state index < -0.39 is 24.0 Å². The van der Waals surface area contributed by atoms with Gasteiger partial charge in [0.15, 0.2) is 6.10 Å². The van der Waals surface area contributed by atoms with Crippen LogP contribution in [-0.4, -0.2) is 35.5 Å². The summed E-state index contributed by atoms with van der Waals surface area (Å²) in [6.45, 7) is 3.58. The number of hydrogen-bond donors (Lipinski definition) is 3. The Morgan fingerprint density at radius 1 is 1.04 bits per heavy atom. The number of carbonyl (C=O) groups is 3. The summed E-state index contributed by atoms with van der Waals surface area (Å²) in [4.78, 5) is 35.4. The maximum absolute atomic E-state index is 12.6. The molecule has 0 fully saturated rings. The van der Waals surface area contributed by atoms with Crippen LogP contribution in [0.1, 0.15) is 35.9 Å². The molecule has 0 radical (unpaired) electrons. The Balaban J connectivity index is 2.05. The second-order valence-corrected chi connectivity index (χ2v) is 5.85. The molecule has 0 aliphatic carbocycles. The molecule has 2 aromatic rings. The minimum atomic E-state index is -1.12. The van der Waals surface area contributed by atoms with E-state index in [9.17, 15) is 14.4 Å². The summed E-state index contributed by atoms with van der Waals surface area (Å²) in [6.07, 6.45) is -0.740. The predicted molar refractivity (Wildman–Crippen MR) is 100 cm³/mol. The van der Waals surface area contributed by atoms with E-state index in [4.69, 9.17) is 9.84 Å². The highest BCUT2D eigenvalue weighted by atomic mass is 16.5. The van der Waals surface area contributed by atoms with Crippen molar-refractivity contribution in [3.8, 4) is 0 Å². The molecular formula is C20H22N2O5. The van der Waals surface area contributed by atoms with E-state index in [1.165, 1.54) is 19.1 Å². The number of aliphatic carboxylic acids is 1. The molecule has 0 aliphatic rings. The molecule has 0 bridgehead atoms. The first-order valence-corrected chi connectivity index (χ1v) is 8.53. The SMILES string of the molecule is CCOC(C(=O)Nc1ccc(C(=O)NC(C)C(=O)O)cc1)c1ccccc1. The van der Waals surface area contributed by atoms with E-state index in [0.29, 0.717) is 17.9 Å². The van der Waals surface area contributed by atoms with E-state index in [1.54, 1.807) is 12.1 Å². The molecule has 2 unspecified atom stereocenters. The van der Waals surface area contributed by atoms with Gasteiger partial charge < -0.3 is 20.5 Å². The first-order chi connectivity index (χ1) is 12.9. The fourth-order valence-corrected chi connectivity index (χ4v) is 2.37. The van der Waals surface area contributed by atoms with Crippen LogP contribution in [0.4, 0.5) is 5.69 Å². The molecule has 2 amide bonds. The lowest BCUT2D eigenvalue weighted by Gasteiger charge is -2.17. The van der Waals surface area contributed by atoms with Crippen LogP contribution >= 0.6 is 0 Å². The Kier molecular flexibility index (Phi) is 7.08. The number of carboxylic acids is 1. The van der Waals surface area contributed by atoms with Gasteiger partial charge in [-0.2, -0.15) is 0 Å². The summed E-state index contributed by atoms with van der Waals surface area (Å²) in [6, 6.07) is 14.3. The summed E-state index contributed by atoms with van der Waals surface area (Å²) in [5, 5.41) is 14.0. The quantitative estimate of drug-likeness (QED) is 0.662. The molecule has 142 valence electrons. The first kappa shape index (κ1) is 20.1. The normalized spacial score (nSPS) is 12.7. The standard InChI is InChI=1S/C20H22N2O5/c1-3-27-17(14-7-5-4-6-8-14)19(24)22-16-11-9-15(10-12-16)18(23)21-13(2)20(25)26/h4-13,17H,3H2,1-2H3,(H,21,23)(H,22,24)(H,25,26). The van der Waals surface area contributed by atoms with Gasteiger partial charge >= 0.3 is 5.97 Å². The molecule has 2 rings (SSSR count). The molecule has 0 aromatic heterocycles. The van der Waals surface area contributed by atoms with Crippen LogP contribution in [0.3, 0.4) is 0 Å². The molecule has 0 heterocycles. The van der Waals surface area contributed by atoms with E-state index in [0.717, 1.165) is 5.56 Å². The number of hydrogen-bond acceptors (Lipinski definition) is 4. The van der Waals surface area contributed by atoms with Gasteiger partial charge in [-0.15, -0.1) is 0 Å². The van der Waals surface area contributed by atoms with E-state index in [-0.39, 0.29) is 5.91 Å². The zero-order valence-electron chi connectivity index (χ0n) is 15.1. The van der Waals surface area contributed by atoms with Crippen molar-refractivity contribution in [3.05, 3.63) is 65.7 Å². The largest absolute Gasteiger partial charge is 0.480 e. The zero-order valence-corrected chi connectivity index (χ0v) is 15.1. The van der Waals surface area contributed by atoms with Gasteiger partial charge in [0.05, 0.1) is 0 Å². The Morgan fingerprint density at radius 3 is 2.22 bits per heavy atom. The highest BCUT2D eigenvalue weighted by molar-refractivity contribution is 5.98. The van der Waals surface area contributed by atoms with Crippen LogP contribution in [0, 0.1) is 0 Å². The number of benzene rings is 2. The van der Waals surface area contributed by atoms with Gasteiger partial charge in [0.1, 0.15) is 6.04 Å². The van der Waals surface area contributed by atoms with Crippen molar-refractivity contribution in [2.75, 3.05) is 11.9 Å². The lowest BCUT2D eigenvalue weighted by Crippen LogP contribution is -2.38. The van der Waals surface area contributed by atoms with Crippen LogP contribution in [0.25, 0.3) is 0 Å². The molecule has 27 heavy (non-hydrogen) atoms. The summed E-state index contributed by atoms with van der Waals surface area (Å²) in [5.41, 5.74) is 1.55. The van der Waals surface area contributed by atoms with Gasteiger partial charge in [0.25, 0.3) is 11.8 Å². The molecule has 0 aliphatic heterocycles. The first-order valence-electron chi connectivity index (χ1n) is 8.53. The number of rotatable bonds is 8. The van der Waals surface area contributed by atoms with Gasteiger partial charge in [-0.05, 0) is 43.7 Å². The fourth-order valence-electron chi connectivity index (χ4n) is 2.37. The number of nitrogens with one attached hydrogen (secondary N) is 2. The molecule has 2 atom stereocenters. The van der Waals surface area contributed by atoms with Crippen molar-refractivity contribution in [3.63, 3.8) is 0 Å². The third-order valence-electron chi connectivity index (χ3n) is 3.81. The summed E-state index contributed by atoms with van der Waals surface area (Å²) in [7, 11) is 0. The fraction of sp³-hybridized carbons (Fsp3) is 0.250. The third kappa shape index (κ3) is 5.65. The number of anilines is 1. The highest BCUT2D eigenvalue weighted by Crippen LogP contribution is 2.20. The Morgan fingerprint density at radius 2 is 1.67 bits per heavy atom. The average Bonchev–Trinajstić information content (AvgIpc) is 2.67. The molecule has 3 N–H and O–H groups in total. The second kappa shape index (κ2) is 9.49. The van der Waals surface area contributed by atoms with Crippen molar-refractivity contribution < 1.29 is 24.2 Å². The van der Waals surface area contributed by atoms with E-state index in [2.05, 4.69) is 10.6 Å². The van der Waals surface area contributed by atoms with Gasteiger partial charge in [0.2, 0.25) is 0 Å². The van der Waals surface area contributed by atoms with Crippen LogP contribution in [0.5, 0.6) is 0 Å². The van der Waals surface area contributed by atoms with Gasteiger partial charge in [0, 0.05) is 17.9 Å². The van der Waals surface area contributed by atoms with Crippen LogP contribution < -0.4 is 10.6 Å². The molecule has 7 heteroatoms. The van der Waals surface area contributed by atoms with Gasteiger partial charge in [-0.25, -0.2) is 0 Å². The molecule has 0 spiro atoms. The molecule has 2 aromatic carbocycles. The topological polar surface area (TPSA) is 105 Å². The maximum atomic E-state index is 12.6. The van der Waals surface area contributed by atoms with Crippen LogP contribution in [0.15, 0.2) is 54.6 Å². The minimum absolute atomic E-state index is 0.297. The lowest BCUT2D eigenvalue weighted by molar-refractivity contribution is -0.138. The predicted octanol–water partition coefficient (Wildman–Crippen LogP) is 2.61. The van der Waals surface area contributed by atoms with Crippen molar-refractivity contribution in [2.45, 2.75) is 26.0 Å². The lowest BCUT2D eigenvalue weighted by atomic mass is 10.1. The monoisotopic (exact) mass is 370 g/mol. The number of ether oxygens (including phenoxy) is 1. The van der Waals surface area contributed by atoms with Crippen molar-refractivity contribution in [2.24, 2.45) is 0 Å². The number of carboxylic acid groups (broad SMARTS) is 1. The summed E-state index contributed by atoms with van der Waals surface area (Å²) < 4.78 is 5.56. The van der Waals surface area contributed by atoms with Gasteiger partial charge in [-0.1, -0.05) is 30.3 Å². The van der Waals surface area contributed by atoms with E-state index in [1.807, 2.05) is 37.3 Å². The molecule has 0 saturated heterocycles. The maximum Gasteiger partial charge on any atom is 0.325 e. The Bertz CT molecular complexity index is 790. The summed E-state index contributed by atoms with van der Waals surface area (Å²) >= 11 is 0. The Labute approximate surface area is 157 Å². The third-order valence-corrected chi connectivity index (χ3v) is 3.81. The van der Waals surface area contributed by atoms with Crippen molar-refractivity contribution in [1.82, 2.24) is 5.32 Å².